The normalized spacial score (nSPS) is 16.0. The number of rotatable bonds is 6. The molecule has 0 radical (unpaired) electrons. The lowest BCUT2D eigenvalue weighted by molar-refractivity contribution is -0.133. The van der Waals surface area contributed by atoms with E-state index in [1.807, 2.05) is 37.4 Å². The van der Waals surface area contributed by atoms with Gasteiger partial charge in [-0.1, -0.05) is 6.07 Å². The maximum absolute atomic E-state index is 12.9. The minimum atomic E-state index is -0.295. The number of benzene rings is 2. The van der Waals surface area contributed by atoms with Crippen LogP contribution in [-0.4, -0.2) is 46.3 Å². The molecule has 6 heteroatoms. The van der Waals surface area contributed by atoms with Crippen LogP contribution < -0.4 is 18.9 Å². The van der Waals surface area contributed by atoms with Crippen molar-refractivity contribution in [3.63, 3.8) is 0 Å². The Balaban J connectivity index is 2.01. The summed E-state index contributed by atoms with van der Waals surface area (Å²) in [5, 5.41) is 0. The number of amides is 1. The summed E-state index contributed by atoms with van der Waals surface area (Å²) in [7, 11) is 8.25. The number of ether oxygens (including phenoxy) is 4. The maximum atomic E-state index is 12.9. The Morgan fingerprint density at radius 2 is 1.48 bits per heavy atom. The van der Waals surface area contributed by atoms with Gasteiger partial charge >= 0.3 is 0 Å². The van der Waals surface area contributed by atoms with Crippen molar-refractivity contribution in [1.82, 2.24) is 4.90 Å². The molecule has 1 unspecified atom stereocenters. The third-order valence-corrected chi connectivity index (χ3v) is 4.99. The average molecular weight is 371 g/mol. The fourth-order valence-electron chi connectivity index (χ4n) is 3.57. The van der Waals surface area contributed by atoms with Crippen LogP contribution in [0, 0.1) is 0 Å². The van der Waals surface area contributed by atoms with E-state index in [1.54, 1.807) is 33.3 Å². The molecule has 0 aliphatic carbocycles. The number of hydrogen-bond donors (Lipinski definition) is 0. The van der Waals surface area contributed by atoms with Crippen LogP contribution >= 0.6 is 0 Å². The monoisotopic (exact) mass is 371 g/mol. The lowest BCUT2D eigenvalue weighted by Crippen LogP contribution is -2.37. The fourth-order valence-corrected chi connectivity index (χ4v) is 3.57. The fraction of sp³-hybridized carbons (Fsp3) is 0.381. The number of methoxy groups -OCH3 is 4. The first-order valence-electron chi connectivity index (χ1n) is 8.73. The van der Waals surface area contributed by atoms with Crippen LogP contribution in [0.2, 0.25) is 0 Å². The Hall–Kier alpha value is -2.89. The molecular formula is C21H25NO5. The summed E-state index contributed by atoms with van der Waals surface area (Å²) in [5.41, 5.74) is 3.05. The van der Waals surface area contributed by atoms with Gasteiger partial charge in [-0.05, 0) is 47.4 Å². The Labute approximate surface area is 159 Å². The van der Waals surface area contributed by atoms with Crippen molar-refractivity contribution in [2.45, 2.75) is 18.9 Å². The van der Waals surface area contributed by atoms with Crippen molar-refractivity contribution in [2.24, 2.45) is 0 Å². The summed E-state index contributed by atoms with van der Waals surface area (Å²) < 4.78 is 21.6. The number of likely N-dealkylation sites (N-methyl/N-ethyl adjacent to an activating group) is 1. The first-order valence-corrected chi connectivity index (χ1v) is 8.73. The molecular weight excluding hydrogens is 346 g/mol. The molecule has 0 N–H and O–H groups in total. The van der Waals surface area contributed by atoms with Crippen molar-refractivity contribution >= 4 is 5.91 Å². The zero-order valence-corrected chi connectivity index (χ0v) is 16.4. The topological polar surface area (TPSA) is 57.2 Å². The minimum absolute atomic E-state index is 0.0875. The van der Waals surface area contributed by atoms with Crippen LogP contribution in [0.3, 0.4) is 0 Å². The lowest BCUT2D eigenvalue weighted by atomic mass is 9.84. The highest BCUT2D eigenvalue weighted by molar-refractivity contribution is 5.86. The average Bonchev–Trinajstić information content (AvgIpc) is 2.70. The SMILES string of the molecule is COc1ccc(CC2C(=O)N(C)Cc3cc(OC)c(OC)cc32)cc1OC. The number of carbonyl (C=O) groups is 1. The molecule has 0 spiro atoms. The number of fused-ring (bicyclic) bond motifs is 1. The Morgan fingerprint density at radius 1 is 0.889 bits per heavy atom. The molecule has 27 heavy (non-hydrogen) atoms. The van der Waals surface area contributed by atoms with Gasteiger partial charge in [0.15, 0.2) is 23.0 Å². The van der Waals surface area contributed by atoms with E-state index in [0.29, 0.717) is 36.0 Å². The van der Waals surface area contributed by atoms with E-state index < -0.39 is 0 Å². The zero-order valence-electron chi connectivity index (χ0n) is 16.4. The standard InChI is InChI=1S/C21H25NO5/c1-22-12-14-10-19(26-4)20(27-5)11-15(14)16(21(22)23)8-13-6-7-17(24-2)18(9-13)25-3/h6-7,9-11,16H,8,12H2,1-5H3. The molecule has 0 saturated carbocycles. The van der Waals surface area contributed by atoms with E-state index in [0.717, 1.165) is 16.7 Å². The number of nitrogens with zero attached hydrogens (tertiary/aromatic N) is 1. The zero-order chi connectivity index (χ0) is 19.6. The molecule has 1 heterocycles. The second-order valence-corrected chi connectivity index (χ2v) is 6.55. The number of carbonyl (C=O) groups excluding carboxylic acids is 1. The van der Waals surface area contributed by atoms with Crippen molar-refractivity contribution in [2.75, 3.05) is 35.5 Å². The van der Waals surface area contributed by atoms with Crippen molar-refractivity contribution in [1.29, 1.82) is 0 Å². The minimum Gasteiger partial charge on any atom is -0.493 e. The van der Waals surface area contributed by atoms with Crippen molar-refractivity contribution in [3.8, 4) is 23.0 Å². The molecule has 1 amide bonds. The van der Waals surface area contributed by atoms with Crippen molar-refractivity contribution in [3.05, 3.63) is 47.0 Å². The van der Waals surface area contributed by atoms with Gasteiger partial charge in [-0.15, -0.1) is 0 Å². The van der Waals surface area contributed by atoms with Crippen LogP contribution in [0.1, 0.15) is 22.6 Å². The molecule has 2 aromatic rings. The molecule has 0 bridgehead atoms. The quantitative estimate of drug-likeness (QED) is 0.781. The highest BCUT2D eigenvalue weighted by Crippen LogP contribution is 2.39. The van der Waals surface area contributed by atoms with E-state index in [9.17, 15) is 4.79 Å². The van der Waals surface area contributed by atoms with Gasteiger partial charge in [0.1, 0.15) is 0 Å². The summed E-state index contributed by atoms with van der Waals surface area (Å²) in [6, 6.07) is 9.62. The largest absolute Gasteiger partial charge is 0.493 e. The van der Waals surface area contributed by atoms with Crippen LogP contribution in [0.5, 0.6) is 23.0 Å². The van der Waals surface area contributed by atoms with E-state index in [4.69, 9.17) is 18.9 Å². The maximum Gasteiger partial charge on any atom is 0.230 e. The van der Waals surface area contributed by atoms with Gasteiger partial charge in [0, 0.05) is 13.6 Å². The van der Waals surface area contributed by atoms with Gasteiger partial charge in [-0.3, -0.25) is 4.79 Å². The summed E-state index contributed by atoms with van der Waals surface area (Å²) >= 11 is 0. The van der Waals surface area contributed by atoms with E-state index in [1.165, 1.54) is 0 Å². The highest BCUT2D eigenvalue weighted by Gasteiger charge is 2.33. The van der Waals surface area contributed by atoms with E-state index in [2.05, 4.69) is 0 Å². The first kappa shape index (κ1) is 18.9. The predicted molar refractivity (Wildman–Crippen MR) is 102 cm³/mol. The van der Waals surface area contributed by atoms with E-state index >= 15 is 0 Å². The summed E-state index contributed by atoms with van der Waals surface area (Å²) in [6.07, 6.45) is 0.562. The van der Waals surface area contributed by atoms with Gasteiger partial charge in [-0.25, -0.2) is 0 Å². The molecule has 1 atom stereocenters. The molecule has 144 valence electrons. The van der Waals surface area contributed by atoms with Gasteiger partial charge < -0.3 is 23.8 Å². The third kappa shape index (κ3) is 3.52. The molecule has 2 aromatic carbocycles. The van der Waals surface area contributed by atoms with Gasteiger partial charge in [0.05, 0.1) is 34.4 Å². The molecule has 0 aromatic heterocycles. The Bertz CT molecular complexity index is 849. The molecule has 6 nitrogen and oxygen atoms in total. The highest BCUT2D eigenvalue weighted by atomic mass is 16.5. The summed E-state index contributed by atoms with van der Waals surface area (Å²) in [4.78, 5) is 14.7. The molecule has 0 saturated heterocycles. The molecule has 1 aliphatic heterocycles. The van der Waals surface area contributed by atoms with Gasteiger partial charge in [0.2, 0.25) is 5.91 Å². The second kappa shape index (κ2) is 7.78. The second-order valence-electron chi connectivity index (χ2n) is 6.55. The van der Waals surface area contributed by atoms with Gasteiger partial charge in [-0.2, -0.15) is 0 Å². The Kier molecular flexibility index (Phi) is 5.44. The van der Waals surface area contributed by atoms with Crippen LogP contribution in [-0.2, 0) is 17.8 Å². The summed E-state index contributed by atoms with van der Waals surface area (Å²) in [6.45, 7) is 0.553. The van der Waals surface area contributed by atoms with E-state index in [-0.39, 0.29) is 11.8 Å². The first-order chi connectivity index (χ1) is 13.0. The van der Waals surface area contributed by atoms with Crippen LogP contribution in [0.25, 0.3) is 0 Å². The Morgan fingerprint density at radius 3 is 2.11 bits per heavy atom. The smallest absolute Gasteiger partial charge is 0.230 e. The molecule has 0 fully saturated rings. The number of hydrogen-bond acceptors (Lipinski definition) is 5. The molecule has 1 aliphatic rings. The lowest BCUT2D eigenvalue weighted by Gasteiger charge is -2.32. The van der Waals surface area contributed by atoms with Crippen molar-refractivity contribution < 1.29 is 23.7 Å². The van der Waals surface area contributed by atoms with Crippen LogP contribution in [0.4, 0.5) is 0 Å². The predicted octanol–water partition coefficient (Wildman–Crippen LogP) is 3.02. The third-order valence-electron chi connectivity index (χ3n) is 4.99. The van der Waals surface area contributed by atoms with Crippen LogP contribution in [0.15, 0.2) is 30.3 Å². The van der Waals surface area contributed by atoms with Gasteiger partial charge in [0.25, 0.3) is 0 Å². The summed E-state index contributed by atoms with van der Waals surface area (Å²) in [5.74, 6) is 2.41. The molecule has 3 rings (SSSR count).